The Bertz CT molecular complexity index is 216. The Morgan fingerprint density at radius 2 is 2.20 bits per heavy atom. The maximum Gasteiger partial charge on any atom is 0.221 e. The fourth-order valence-electron chi connectivity index (χ4n) is 2.10. The van der Waals surface area contributed by atoms with E-state index in [4.69, 9.17) is 5.73 Å². The average molecular weight is 213 g/mol. The molecule has 0 aromatic carbocycles. The van der Waals surface area contributed by atoms with E-state index >= 15 is 0 Å². The summed E-state index contributed by atoms with van der Waals surface area (Å²) in [6, 6.07) is 0.585. The van der Waals surface area contributed by atoms with E-state index < -0.39 is 0 Å². The maximum absolute atomic E-state index is 11.3. The number of nitrogens with one attached hydrogen (secondary N) is 1. The monoisotopic (exact) mass is 213 g/mol. The Labute approximate surface area is 92.2 Å². The molecular weight excluding hydrogens is 190 g/mol. The third kappa shape index (κ3) is 3.80. The molecule has 4 nitrogen and oxygen atoms in total. The molecule has 4 heteroatoms. The molecule has 2 unspecified atom stereocenters. The van der Waals surface area contributed by atoms with Crippen LogP contribution in [0.1, 0.15) is 27.2 Å². The van der Waals surface area contributed by atoms with Crippen LogP contribution in [0.25, 0.3) is 0 Å². The highest BCUT2D eigenvalue weighted by Crippen LogP contribution is 2.13. The first kappa shape index (κ1) is 12.5. The third-order valence-corrected chi connectivity index (χ3v) is 2.90. The Kier molecular flexibility index (Phi) is 4.54. The summed E-state index contributed by atoms with van der Waals surface area (Å²) in [6.45, 7) is 8.85. The van der Waals surface area contributed by atoms with Crippen molar-refractivity contribution in [2.24, 2.45) is 11.7 Å². The van der Waals surface area contributed by atoms with Gasteiger partial charge in [-0.1, -0.05) is 13.8 Å². The van der Waals surface area contributed by atoms with Crippen molar-refractivity contribution in [3.63, 3.8) is 0 Å². The first-order chi connectivity index (χ1) is 7.00. The number of rotatable bonds is 3. The molecule has 2 atom stereocenters. The Hall–Kier alpha value is -0.610. The summed E-state index contributed by atoms with van der Waals surface area (Å²) in [5.74, 6) is 0.704. The summed E-state index contributed by atoms with van der Waals surface area (Å²) < 4.78 is 0. The van der Waals surface area contributed by atoms with E-state index in [0.717, 1.165) is 19.6 Å². The predicted molar refractivity (Wildman–Crippen MR) is 61.5 cm³/mol. The molecule has 1 fully saturated rings. The standard InChI is InChI=1S/C11H23N3O/c1-8(2)10-6-13-11(15)4-5-14(10)7-9(3)12/h8-10H,4-7,12H2,1-3H3,(H,13,15). The molecule has 0 radical (unpaired) electrons. The van der Waals surface area contributed by atoms with Crippen LogP contribution in [-0.2, 0) is 4.79 Å². The van der Waals surface area contributed by atoms with Gasteiger partial charge in [-0.2, -0.15) is 0 Å². The summed E-state index contributed by atoms with van der Waals surface area (Å²) >= 11 is 0. The lowest BCUT2D eigenvalue weighted by Gasteiger charge is -2.33. The van der Waals surface area contributed by atoms with Gasteiger partial charge < -0.3 is 11.1 Å². The molecule has 88 valence electrons. The van der Waals surface area contributed by atoms with Crippen LogP contribution >= 0.6 is 0 Å². The van der Waals surface area contributed by atoms with Crippen LogP contribution in [-0.4, -0.2) is 42.5 Å². The van der Waals surface area contributed by atoms with Gasteiger partial charge in [0.1, 0.15) is 0 Å². The van der Waals surface area contributed by atoms with Crippen molar-refractivity contribution in [2.75, 3.05) is 19.6 Å². The number of carbonyl (C=O) groups excluding carboxylic acids is 1. The molecule has 1 aliphatic heterocycles. The molecule has 0 aliphatic carbocycles. The third-order valence-electron chi connectivity index (χ3n) is 2.90. The van der Waals surface area contributed by atoms with Crippen LogP contribution in [0.5, 0.6) is 0 Å². The van der Waals surface area contributed by atoms with Crippen LogP contribution in [0.2, 0.25) is 0 Å². The van der Waals surface area contributed by atoms with Gasteiger partial charge in [-0.05, 0) is 12.8 Å². The van der Waals surface area contributed by atoms with Crippen molar-refractivity contribution in [2.45, 2.75) is 39.3 Å². The van der Waals surface area contributed by atoms with Gasteiger partial charge in [-0.15, -0.1) is 0 Å². The average Bonchev–Trinajstić information content (AvgIpc) is 2.28. The lowest BCUT2D eigenvalue weighted by Crippen LogP contribution is -2.47. The highest BCUT2D eigenvalue weighted by atomic mass is 16.1. The molecule has 0 aromatic rings. The van der Waals surface area contributed by atoms with Gasteiger partial charge in [0.15, 0.2) is 0 Å². The second kappa shape index (κ2) is 5.47. The molecule has 0 spiro atoms. The van der Waals surface area contributed by atoms with E-state index in [1.807, 2.05) is 6.92 Å². The van der Waals surface area contributed by atoms with Crippen molar-refractivity contribution < 1.29 is 4.79 Å². The summed E-state index contributed by atoms with van der Waals surface area (Å²) in [6.07, 6.45) is 0.593. The number of nitrogens with zero attached hydrogens (tertiary/aromatic N) is 1. The van der Waals surface area contributed by atoms with Crippen LogP contribution < -0.4 is 11.1 Å². The Balaban J connectivity index is 2.64. The van der Waals surface area contributed by atoms with Crippen molar-refractivity contribution in [1.82, 2.24) is 10.2 Å². The zero-order valence-corrected chi connectivity index (χ0v) is 9.99. The number of hydrogen-bond acceptors (Lipinski definition) is 3. The van der Waals surface area contributed by atoms with Gasteiger partial charge in [-0.3, -0.25) is 9.69 Å². The zero-order valence-electron chi connectivity index (χ0n) is 9.99. The summed E-state index contributed by atoms with van der Waals surface area (Å²) in [7, 11) is 0. The fourth-order valence-corrected chi connectivity index (χ4v) is 2.10. The van der Waals surface area contributed by atoms with Gasteiger partial charge in [0.25, 0.3) is 0 Å². The smallest absolute Gasteiger partial charge is 0.221 e. The summed E-state index contributed by atoms with van der Waals surface area (Å²) in [5, 5.41) is 2.96. The minimum absolute atomic E-state index is 0.160. The van der Waals surface area contributed by atoms with E-state index in [1.165, 1.54) is 0 Å². The molecule has 3 N–H and O–H groups in total. The van der Waals surface area contributed by atoms with E-state index in [1.54, 1.807) is 0 Å². The van der Waals surface area contributed by atoms with Gasteiger partial charge in [-0.25, -0.2) is 0 Å². The van der Waals surface area contributed by atoms with Crippen molar-refractivity contribution in [3.05, 3.63) is 0 Å². The lowest BCUT2D eigenvalue weighted by atomic mass is 10.0. The van der Waals surface area contributed by atoms with Gasteiger partial charge in [0.2, 0.25) is 5.91 Å². The minimum atomic E-state index is 0.160. The molecule has 1 amide bonds. The van der Waals surface area contributed by atoms with Crippen LogP contribution in [0, 0.1) is 5.92 Å². The maximum atomic E-state index is 11.3. The second-order valence-corrected chi connectivity index (χ2v) is 4.84. The van der Waals surface area contributed by atoms with E-state index in [-0.39, 0.29) is 11.9 Å². The number of hydrogen-bond donors (Lipinski definition) is 2. The zero-order chi connectivity index (χ0) is 11.4. The van der Waals surface area contributed by atoms with Crippen molar-refractivity contribution >= 4 is 5.91 Å². The van der Waals surface area contributed by atoms with Crippen LogP contribution in [0.15, 0.2) is 0 Å². The first-order valence-electron chi connectivity index (χ1n) is 5.77. The second-order valence-electron chi connectivity index (χ2n) is 4.84. The van der Waals surface area contributed by atoms with Crippen LogP contribution in [0.4, 0.5) is 0 Å². The molecule has 1 heterocycles. The molecule has 0 saturated carbocycles. The highest BCUT2D eigenvalue weighted by molar-refractivity contribution is 5.76. The summed E-state index contributed by atoms with van der Waals surface area (Å²) in [5.41, 5.74) is 5.82. The Morgan fingerprint density at radius 1 is 1.53 bits per heavy atom. The van der Waals surface area contributed by atoms with Gasteiger partial charge in [0.05, 0.1) is 0 Å². The topological polar surface area (TPSA) is 58.4 Å². The van der Waals surface area contributed by atoms with E-state index in [0.29, 0.717) is 18.4 Å². The molecule has 0 aromatic heterocycles. The molecular formula is C11H23N3O. The van der Waals surface area contributed by atoms with E-state index in [2.05, 4.69) is 24.1 Å². The summed E-state index contributed by atoms with van der Waals surface area (Å²) in [4.78, 5) is 13.7. The first-order valence-corrected chi connectivity index (χ1v) is 5.77. The molecule has 1 rings (SSSR count). The normalized spacial score (nSPS) is 26.2. The van der Waals surface area contributed by atoms with Gasteiger partial charge >= 0.3 is 0 Å². The minimum Gasteiger partial charge on any atom is -0.354 e. The van der Waals surface area contributed by atoms with Crippen LogP contribution in [0.3, 0.4) is 0 Å². The number of nitrogens with two attached hydrogens (primary N) is 1. The molecule has 1 saturated heterocycles. The predicted octanol–water partition coefficient (Wildman–Crippen LogP) is 0.180. The molecule has 1 aliphatic rings. The van der Waals surface area contributed by atoms with Crippen molar-refractivity contribution in [1.29, 1.82) is 0 Å². The lowest BCUT2D eigenvalue weighted by molar-refractivity contribution is -0.120. The molecule has 15 heavy (non-hydrogen) atoms. The number of carbonyl (C=O) groups is 1. The van der Waals surface area contributed by atoms with E-state index in [9.17, 15) is 4.79 Å². The number of amides is 1. The SMILES string of the molecule is CC(N)CN1CCC(=O)NCC1C(C)C. The Morgan fingerprint density at radius 3 is 2.73 bits per heavy atom. The fraction of sp³-hybridized carbons (Fsp3) is 0.909. The van der Waals surface area contributed by atoms with Gasteiger partial charge in [0, 0.05) is 38.1 Å². The quantitative estimate of drug-likeness (QED) is 0.703. The van der Waals surface area contributed by atoms with Crippen molar-refractivity contribution in [3.8, 4) is 0 Å². The largest absolute Gasteiger partial charge is 0.354 e. The molecule has 0 bridgehead atoms. The highest BCUT2D eigenvalue weighted by Gasteiger charge is 2.26.